The van der Waals surface area contributed by atoms with Gasteiger partial charge in [-0.3, -0.25) is 14.4 Å². The molecule has 194 valence electrons. The highest BCUT2D eigenvalue weighted by Gasteiger charge is 2.39. The van der Waals surface area contributed by atoms with Gasteiger partial charge < -0.3 is 15.4 Å². The molecule has 5 rings (SSSR count). The van der Waals surface area contributed by atoms with Gasteiger partial charge in [-0.15, -0.1) is 0 Å². The average molecular weight is 538 g/mol. The minimum absolute atomic E-state index is 0.0471. The van der Waals surface area contributed by atoms with Crippen LogP contribution in [0.15, 0.2) is 108 Å². The van der Waals surface area contributed by atoms with E-state index < -0.39 is 11.8 Å². The van der Waals surface area contributed by atoms with E-state index in [-0.39, 0.29) is 16.6 Å². The predicted molar refractivity (Wildman–Crippen MR) is 152 cm³/mol. The number of para-hydroxylation sites is 1. The first-order chi connectivity index (χ1) is 18.8. The van der Waals surface area contributed by atoms with Crippen LogP contribution < -0.4 is 20.3 Å². The van der Waals surface area contributed by atoms with Crippen molar-refractivity contribution in [1.82, 2.24) is 0 Å². The zero-order valence-electron chi connectivity index (χ0n) is 21.2. The summed E-state index contributed by atoms with van der Waals surface area (Å²) in [6, 6.07) is 28.4. The average Bonchev–Trinajstić information content (AvgIpc) is 3.15. The predicted octanol–water partition coefficient (Wildman–Crippen LogP) is 6.78. The van der Waals surface area contributed by atoms with Crippen LogP contribution in [0.3, 0.4) is 0 Å². The Kier molecular flexibility index (Phi) is 7.17. The van der Waals surface area contributed by atoms with Crippen molar-refractivity contribution in [3.63, 3.8) is 0 Å². The monoisotopic (exact) mass is 537 g/mol. The van der Waals surface area contributed by atoms with Crippen molar-refractivity contribution in [2.75, 3.05) is 15.5 Å². The fraction of sp³-hybridized carbons (Fsp3) is 0.0645. The minimum Gasteiger partial charge on any atom is -0.457 e. The van der Waals surface area contributed by atoms with E-state index in [2.05, 4.69) is 10.6 Å². The van der Waals surface area contributed by atoms with Crippen LogP contribution in [-0.4, -0.2) is 17.7 Å². The highest BCUT2D eigenvalue weighted by Crippen LogP contribution is 2.33. The summed E-state index contributed by atoms with van der Waals surface area (Å²) in [7, 11) is 0. The van der Waals surface area contributed by atoms with Gasteiger partial charge in [0.05, 0.1) is 5.69 Å². The second-order valence-electron chi connectivity index (χ2n) is 8.95. The molecule has 0 unspecified atom stereocenters. The molecule has 0 spiro atoms. The van der Waals surface area contributed by atoms with E-state index in [0.717, 1.165) is 16.0 Å². The highest BCUT2D eigenvalue weighted by molar-refractivity contribution is 6.53. The minimum atomic E-state index is -0.605. The van der Waals surface area contributed by atoms with Gasteiger partial charge in [0.2, 0.25) is 0 Å². The van der Waals surface area contributed by atoms with Gasteiger partial charge in [-0.2, -0.15) is 0 Å². The SMILES string of the molecule is Cc1cccc(N2C(=O)C(Cl)=C(Nc3cccc(C(=O)Nc4ccc(Oc5ccccc5)cc4)c3)C2=O)c1C. The van der Waals surface area contributed by atoms with Crippen molar-refractivity contribution in [1.29, 1.82) is 0 Å². The third-order valence-electron chi connectivity index (χ3n) is 6.33. The van der Waals surface area contributed by atoms with Crippen molar-refractivity contribution in [3.05, 3.63) is 124 Å². The molecule has 0 saturated heterocycles. The summed E-state index contributed by atoms with van der Waals surface area (Å²) >= 11 is 6.30. The van der Waals surface area contributed by atoms with Crippen molar-refractivity contribution in [2.45, 2.75) is 13.8 Å². The smallest absolute Gasteiger partial charge is 0.283 e. The number of carbonyl (C=O) groups is 3. The van der Waals surface area contributed by atoms with Crippen molar-refractivity contribution in [2.24, 2.45) is 0 Å². The Bertz CT molecular complexity index is 1610. The summed E-state index contributed by atoms with van der Waals surface area (Å²) < 4.78 is 5.78. The molecule has 0 radical (unpaired) electrons. The lowest BCUT2D eigenvalue weighted by Gasteiger charge is -2.18. The summed E-state index contributed by atoms with van der Waals surface area (Å²) in [5.74, 6) is -0.159. The van der Waals surface area contributed by atoms with Gasteiger partial charge in [0.15, 0.2) is 0 Å². The Morgan fingerprint density at radius 2 is 1.46 bits per heavy atom. The first-order valence-corrected chi connectivity index (χ1v) is 12.6. The maximum Gasteiger partial charge on any atom is 0.283 e. The van der Waals surface area contributed by atoms with E-state index in [4.69, 9.17) is 16.3 Å². The molecule has 4 aromatic rings. The number of nitrogens with zero attached hydrogens (tertiary/aromatic N) is 1. The second-order valence-corrected chi connectivity index (χ2v) is 9.33. The van der Waals surface area contributed by atoms with Crippen LogP contribution >= 0.6 is 11.6 Å². The standard InChI is InChI=1S/C31H24ClN3O4/c1-19-8-6-13-26(20(19)2)35-30(37)27(32)28(31(35)38)33-23-10-7-9-21(18-23)29(36)34-22-14-16-25(17-15-22)39-24-11-4-3-5-12-24/h3-18,33H,1-2H3,(H,34,36). The molecular weight excluding hydrogens is 514 g/mol. The Balaban J connectivity index is 1.28. The molecule has 1 aliphatic heterocycles. The van der Waals surface area contributed by atoms with Gasteiger partial charge in [0, 0.05) is 16.9 Å². The number of ether oxygens (including phenoxy) is 1. The quantitative estimate of drug-likeness (QED) is 0.254. The molecule has 7 nitrogen and oxygen atoms in total. The van der Waals surface area contributed by atoms with E-state index in [9.17, 15) is 14.4 Å². The zero-order chi connectivity index (χ0) is 27.5. The molecule has 0 atom stereocenters. The van der Waals surface area contributed by atoms with E-state index in [1.165, 1.54) is 0 Å². The molecule has 0 fully saturated rings. The van der Waals surface area contributed by atoms with Gasteiger partial charge in [-0.1, -0.05) is 48.0 Å². The number of aryl methyl sites for hydroxylation is 1. The lowest BCUT2D eigenvalue weighted by Crippen LogP contribution is -2.33. The second kappa shape index (κ2) is 10.8. The fourth-order valence-electron chi connectivity index (χ4n) is 4.12. The number of carbonyl (C=O) groups excluding carboxylic acids is 3. The number of halogens is 1. The van der Waals surface area contributed by atoms with Crippen LogP contribution in [0.1, 0.15) is 21.5 Å². The molecule has 0 saturated carbocycles. The molecule has 2 N–H and O–H groups in total. The van der Waals surface area contributed by atoms with Gasteiger partial charge >= 0.3 is 0 Å². The van der Waals surface area contributed by atoms with E-state index in [0.29, 0.717) is 34.1 Å². The number of benzene rings is 4. The van der Waals surface area contributed by atoms with Crippen LogP contribution in [0, 0.1) is 13.8 Å². The molecule has 0 aromatic heterocycles. The van der Waals surface area contributed by atoms with E-state index >= 15 is 0 Å². The number of anilines is 3. The highest BCUT2D eigenvalue weighted by atomic mass is 35.5. The molecule has 39 heavy (non-hydrogen) atoms. The van der Waals surface area contributed by atoms with Gasteiger partial charge in [0.1, 0.15) is 22.2 Å². The fourth-order valence-corrected chi connectivity index (χ4v) is 4.34. The van der Waals surface area contributed by atoms with Crippen molar-refractivity contribution >= 4 is 46.4 Å². The summed E-state index contributed by atoms with van der Waals surface area (Å²) in [6.07, 6.45) is 0. The third-order valence-corrected chi connectivity index (χ3v) is 6.68. The molecular formula is C31H24ClN3O4. The van der Waals surface area contributed by atoms with E-state index in [1.807, 2.05) is 50.2 Å². The molecule has 3 amide bonds. The summed E-state index contributed by atoms with van der Waals surface area (Å²) in [6.45, 7) is 3.75. The lowest BCUT2D eigenvalue weighted by atomic mass is 10.1. The summed E-state index contributed by atoms with van der Waals surface area (Å²) in [5.41, 5.74) is 3.56. The Labute approximate surface area is 230 Å². The number of hydrogen-bond acceptors (Lipinski definition) is 5. The van der Waals surface area contributed by atoms with Crippen LogP contribution in [0.4, 0.5) is 17.1 Å². The number of amides is 3. The number of imide groups is 1. The molecule has 0 bridgehead atoms. The zero-order valence-corrected chi connectivity index (χ0v) is 22.0. The van der Waals surface area contributed by atoms with Crippen LogP contribution in [0.2, 0.25) is 0 Å². The summed E-state index contributed by atoms with van der Waals surface area (Å²) in [5, 5.41) is 5.56. The van der Waals surface area contributed by atoms with Gasteiger partial charge in [0.25, 0.3) is 17.7 Å². The maximum atomic E-state index is 13.2. The largest absolute Gasteiger partial charge is 0.457 e. The normalized spacial score (nSPS) is 13.1. The molecule has 0 aliphatic carbocycles. The lowest BCUT2D eigenvalue weighted by molar-refractivity contribution is -0.120. The first kappa shape index (κ1) is 25.8. The third kappa shape index (κ3) is 5.39. The Hall–Kier alpha value is -4.88. The van der Waals surface area contributed by atoms with Crippen molar-refractivity contribution in [3.8, 4) is 11.5 Å². The number of rotatable bonds is 7. The number of hydrogen-bond donors (Lipinski definition) is 2. The molecule has 1 heterocycles. The topological polar surface area (TPSA) is 87.7 Å². The Morgan fingerprint density at radius 1 is 0.769 bits per heavy atom. The van der Waals surface area contributed by atoms with Crippen LogP contribution in [0.25, 0.3) is 0 Å². The maximum absolute atomic E-state index is 13.2. The van der Waals surface area contributed by atoms with Crippen molar-refractivity contribution < 1.29 is 19.1 Å². The van der Waals surface area contributed by atoms with Crippen LogP contribution in [-0.2, 0) is 9.59 Å². The van der Waals surface area contributed by atoms with E-state index in [1.54, 1.807) is 60.7 Å². The van der Waals surface area contributed by atoms with Gasteiger partial charge in [-0.05, 0) is 85.6 Å². The first-order valence-electron chi connectivity index (χ1n) is 12.2. The molecule has 1 aliphatic rings. The molecule has 4 aromatic carbocycles. The summed E-state index contributed by atoms with van der Waals surface area (Å²) in [4.78, 5) is 40.1. The van der Waals surface area contributed by atoms with Gasteiger partial charge in [-0.25, -0.2) is 4.90 Å². The molecule has 8 heteroatoms. The Morgan fingerprint density at radius 3 is 2.21 bits per heavy atom. The van der Waals surface area contributed by atoms with Crippen LogP contribution in [0.5, 0.6) is 11.5 Å². The number of nitrogens with one attached hydrogen (secondary N) is 2.